The van der Waals surface area contributed by atoms with Crippen LogP contribution in [0.1, 0.15) is 34.0 Å². The molecule has 1 amide bonds. The van der Waals surface area contributed by atoms with Gasteiger partial charge in [-0.3, -0.25) is 10.1 Å². The molecule has 0 fully saturated rings. The van der Waals surface area contributed by atoms with Crippen LogP contribution in [-0.2, 0) is 6.42 Å². The number of rotatable bonds is 4. The largest absolute Gasteiger partial charge is 0.448 e. The van der Waals surface area contributed by atoms with Gasteiger partial charge in [-0.1, -0.05) is 6.92 Å². The van der Waals surface area contributed by atoms with Gasteiger partial charge in [-0.05, 0) is 13.8 Å². The summed E-state index contributed by atoms with van der Waals surface area (Å²) < 4.78 is 5.17. The second kappa shape index (κ2) is 5.98. The highest BCUT2D eigenvalue weighted by molar-refractivity contribution is 7.16. The van der Waals surface area contributed by atoms with Crippen molar-refractivity contribution >= 4 is 33.7 Å². The number of aryl methyl sites for hydroxylation is 3. The average molecular weight is 334 g/mol. The van der Waals surface area contributed by atoms with Gasteiger partial charge < -0.3 is 4.42 Å². The summed E-state index contributed by atoms with van der Waals surface area (Å²) in [5.74, 6) is 0.224. The molecule has 0 atom stereocenters. The fourth-order valence-electron chi connectivity index (χ4n) is 1.94. The van der Waals surface area contributed by atoms with Crippen molar-refractivity contribution in [2.75, 3.05) is 5.32 Å². The molecule has 0 bridgehead atoms. The molecule has 0 aliphatic rings. The Kier molecular flexibility index (Phi) is 4.04. The standard InChI is InChI=1S/C14H14N4O2S2/c1-4-11-16-9(5-20-11)13(19)18-14-17-10(6-21-14)12-7(2)15-8(3)22-12/h5-6H,4H2,1-3H3,(H,17,18,19). The lowest BCUT2D eigenvalue weighted by molar-refractivity contribution is 0.102. The molecule has 0 aliphatic heterocycles. The molecule has 8 heteroatoms. The fourth-order valence-corrected chi connectivity index (χ4v) is 3.59. The maximum Gasteiger partial charge on any atom is 0.279 e. The van der Waals surface area contributed by atoms with Gasteiger partial charge >= 0.3 is 0 Å². The van der Waals surface area contributed by atoms with Crippen molar-refractivity contribution in [1.82, 2.24) is 15.0 Å². The van der Waals surface area contributed by atoms with Crippen LogP contribution in [-0.4, -0.2) is 20.9 Å². The summed E-state index contributed by atoms with van der Waals surface area (Å²) in [6.45, 7) is 5.84. The Balaban J connectivity index is 1.76. The van der Waals surface area contributed by atoms with Crippen molar-refractivity contribution < 1.29 is 9.21 Å². The van der Waals surface area contributed by atoms with Gasteiger partial charge in [-0.25, -0.2) is 15.0 Å². The summed E-state index contributed by atoms with van der Waals surface area (Å²) in [6.07, 6.45) is 2.01. The van der Waals surface area contributed by atoms with Gasteiger partial charge in [0.1, 0.15) is 6.26 Å². The third kappa shape index (κ3) is 2.93. The summed E-state index contributed by atoms with van der Waals surface area (Å²) in [4.78, 5) is 26.0. The number of nitrogens with zero attached hydrogens (tertiary/aromatic N) is 3. The lowest BCUT2D eigenvalue weighted by Gasteiger charge is -1.96. The molecule has 0 aliphatic carbocycles. The third-order valence-corrected chi connectivity index (χ3v) is 4.80. The molecule has 3 rings (SSSR count). The number of carbonyl (C=O) groups excluding carboxylic acids is 1. The molecule has 114 valence electrons. The Morgan fingerprint density at radius 2 is 2.14 bits per heavy atom. The van der Waals surface area contributed by atoms with Crippen LogP contribution in [0.5, 0.6) is 0 Å². The number of oxazole rings is 1. The van der Waals surface area contributed by atoms with Crippen LogP contribution < -0.4 is 5.32 Å². The van der Waals surface area contributed by atoms with E-state index in [2.05, 4.69) is 20.3 Å². The number of aromatic nitrogens is 3. The lowest BCUT2D eigenvalue weighted by Crippen LogP contribution is -2.12. The summed E-state index contributed by atoms with van der Waals surface area (Å²) in [5.41, 5.74) is 2.05. The van der Waals surface area contributed by atoms with Crippen LogP contribution in [0.15, 0.2) is 16.1 Å². The highest BCUT2D eigenvalue weighted by atomic mass is 32.1. The summed E-state index contributed by atoms with van der Waals surface area (Å²) in [5, 5.41) is 6.19. The summed E-state index contributed by atoms with van der Waals surface area (Å²) in [6, 6.07) is 0. The molecule has 0 unspecified atom stereocenters. The molecular weight excluding hydrogens is 320 g/mol. The zero-order valence-corrected chi connectivity index (χ0v) is 14.0. The molecule has 1 N–H and O–H groups in total. The maximum atomic E-state index is 12.1. The molecule has 0 spiro atoms. The van der Waals surface area contributed by atoms with Crippen LogP contribution in [0.3, 0.4) is 0 Å². The Morgan fingerprint density at radius 1 is 1.32 bits per heavy atom. The molecule has 6 nitrogen and oxygen atoms in total. The average Bonchev–Trinajstić information content (AvgIpc) is 3.18. The minimum Gasteiger partial charge on any atom is -0.448 e. The van der Waals surface area contributed by atoms with Gasteiger partial charge in [-0.2, -0.15) is 0 Å². The Hall–Kier alpha value is -2.06. The number of anilines is 1. The van der Waals surface area contributed by atoms with E-state index in [0.29, 0.717) is 17.4 Å². The minimum absolute atomic E-state index is 0.262. The lowest BCUT2D eigenvalue weighted by atomic mass is 10.3. The van der Waals surface area contributed by atoms with Gasteiger partial charge in [0.2, 0.25) is 0 Å². The van der Waals surface area contributed by atoms with Gasteiger partial charge in [0.15, 0.2) is 16.7 Å². The number of amides is 1. The monoisotopic (exact) mass is 334 g/mol. The number of thiazole rings is 2. The van der Waals surface area contributed by atoms with Crippen LogP contribution in [0.4, 0.5) is 5.13 Å². The van der Waals surface area contributed by atoms with Crippen molar-refractivity contribution in [3.05, 3.63) is 33.9 Å². The van der Waals surface area contributed by atoms with Gasteiger partial charge in [0, 0.05) is 11.8 Å². The molecule has 22 heavy (non-hydrogen) atoms. The SMILES string of the molecule is CCc1nc(C(=O)Nc2nc(-c3sc(C)nc3C)cs2)co1. The van der Waals surface area contributed by atoms with E-state index in [0.717, 1.165) is 21.3 Å². The second-order valence-electron chi connectivity index (χ2n) is 4.62. The molecule has 3 aromatic heterocycles. The highest BCUT2D eigenvalue weighted by Gasteiger charge is 2.15. The van der Waals surface area contributed by atoms with Crippen LogP contribution in [0.2, 0.25) is 0 Å². The smallest absolute Gasteiger partial charge is 0.279 e. The van der Waals surface area contributed by atoms with Crippen molar-refractivity contribution in [3.8, 4) is 10.6 Å². The maximum absolute atomic E-state index is 12.1. The molecule has 3 heterocycles. The van der Waals surface area contributed by atoms with E-state index in [9.17, 15) is 4.79 Å². The van der Waals surface area contributed by atoms with Crippen molar-refractivity contribution in [2.24, 2.45) is 0 Å². The van der Waals surface area contributed by atoms with E-state index in [-0.39, 0.29) is 11.6 Å². The minimum atomic E-state index is -0.318. The first-order valence-corrected chi connectivity index (χ1v) is 8.42. The Labute approximate surface area is 135 Å². The zero-order valence-electron chi connectivity index (χ0n) is 12.3. The van der Waals surface area contributed by atoms with E-state index < -0.39 is 0 Å². The predicted octanol–water partition coefficient (Wildman–Crippen LogP) is 3.69. The van der Waals surface area contributed by atoms with Crippen molar-refractivity contribution in [3.63, 3.8) is 0 Å². The second-order valence-corrected chi connectivity index (χ2v) is 6.68. The van der Waals surface area contributed by atoms with E-state index in [1.54, 1.807) is 11.3 Å². The summed E-state index contributed by atoms with van der Waals surface area (Å²) in [7, 11) is 0. The zero-order chi connectivity index (χ0) is 15.7. The van der Waals surface area contributed by atoms with E-state index in [4.69, 9.17) is 4.42 Å². The molecule has 0 saturated heterocycles. The van der Waals surface area contributed by atoms with E-state index >= 15 is 0 Å². The molecule has 0 saturated carbocycles. The summed E-state index contributed by atoms with van der Waals surface area (Å²) >= 11 is 2.97. The van der Waals surface area contributed by atoms with Gasteiger partial charge in [-0.15, -0.1) is 22.7 Å². The quantitative estimate of drug-likeness (QED) is 0.787. The van der Waals surface area contributed by atoms with Crippen molar-refractivity contribution in [1.29, 1.82) is 0 Å². The molecule has 0 radical (unpaired) electrons. The predicted molar refractivity (Wildman–Crippen MR) is 86.5 cm³/mol. The van der Waals surface area contributed by atoms with E-state index in [1.165, 1.54) is 17.6 Å². The fraction of sp³-hybridized carbons (Fsp3) is 0.286. The normalized spacial score (nSPS) is 10.9. The first-order valence-electron chi connectivity index (χ1n) is 6.72. The van der Waals surface area contributed by atoms with Crippen LogP contribution in [0.25, 0.3) is 10.6 Å². The molecular formula is C14H14N4O2S2. The highest BCUT2D eigenvalue weighted by Crippen LogP contribution is 2.32. The third-order valence-electron chi connectivity index (χ3n) is 2.95. The number of hydrogen-bond donors (Lipinski definition) is 1. The number of nitrogens with one attached hydrogen (secondary N) is 1. The van der Waals surface area contributed by atoms with Crippen LogP contribution >= 0.6 is 22.7 Å². The Morgan fingerprint density at radius 3 is 2.77 bits per heavy atom. The number of carbonyl (C=O) groups is 1. The van der Waals surface area contributed by atoms with Gasteiger partial charge in [0.05, 0.1) is 21.3 Å². The van der Waals surface area contributed by atoms with Crippen molar-refractivity contribution in [2.45, 2.75) is 27.2 Å². The van der Waals surface area contributed by atoms with Gasteiger partial charge in [0.25, 0.3) is 5.91 Å². The molecule has 3 aromatic rings. The van der Waals surface area contributed by atoms with Crippen LogP contribution in [0, 0.1) is 13.8 Å². The first kappa shape index (κ1) is 14.9. The number of hydrogen-bond acceptors (Lipinski definition) is 7. The molecule has 0 aromatic carbocycles. The first-order chi connectivity index (χ1) is 10.6. The topological polar surface area (TPSA) is 80.9 Å². The van der Waals surface area contributed by atoms with E-state index in [1.807, 2.05) is 26.2 Å². The Bertz CT molecular complexity index is 819.